The zero-order valence-electron chi connectivity index (χ0n) is 8.51. The number of thiocarbonyl (C=S) groups is 1. The molecule has 1 unspecified atom stereocenters. The molecule has 78 valence electrons. The maximum absolute atomic E-state index is 5.52. The molecule has 1 heterocycles. The topological polar surface area (TPSA) is 72.9 Å². The van der Waals surface area contributed by atoms with Gasteiger partial charge in [-0.15, -0.1) is 0 Å². The highest BCUT2D eigenvalue weighted by Gasteiger charge is 2.13. The summed E-state index contributed by atoms with van der Waals surface area (Å²) in [5.41, 5.74) is 5.52. The van der Waals surface area contributed by atoms with Crippen LogP contribution in [0.4, 0.5) is 5.95 Å². The average Bonchev–Trinajstić information content (AvgIpc) is 2.51. The van der Waals surface area contributed by atoms with Crippen LogP contribution < -0.4 is 10.6 Å². The second kappa shape index (κ2) is 4.32. The first-order chi connectivity index (χ1) is 6.52. The summed E-state index contributed by atoms with van der Waals surface area (Å²) >= 11 is 4.89. The number of aromatic nitrogens is 4. The zero-order chi connectivity index (χ0) is 10.7. The normalized spacial score (nSPS) is 12.5. The van der Waals surface area contributed by atoms with Gasteiger partial charge >= 0.3 is 0 Å². The lowest BCUT2D eigenvalue weighted by Crippen LogP contribution is -2.32. The molecule has 0 radical (unpaired) electrons. The minimum atomic E-state index is 0.145. The van der Waals surface area contributed by atoms with E-state index in [4.69, 9.17) is 18.0 Å². The molecule has 0 aliphatic rings. The van der Waals surface area contributed by atoms with Crippen molar-refractivity contribution in [3.8, 4) is 0 Å². The average molecular weight is 214 g/mol. The Morgan fingerprint density at radius 1 is 1.71 bits per heavy atom. The standard InChI is InChI=1S/C7H14N6S/c1-5(6(8)14)4-12(2)7-9-10-11-13(7)3/h5H,4H2,1-3H3,(H2,8,14). The van der Waals surface area contributed by atoms with E-state index in [-0.39, 0.29) is 5.92 Å². The van der Waals surface area contributed by atoms with E-state index in [1.807, 2.05) is 18.9 Å². The molecule has 0 saturated carbocycles. The molecule has 0 aromatic carbocycles. The van der Waals surface area contributed by atoms with E-state index in [0.29, 0.717) is 17.5 Å². The lowest BCUT2D eigenvalue weighted by Gasteiger charge is -2.20. The van der Waals surface area contributed by atoms with Crippen LogP contribution in [0.5, 0.6) is 0 Å². The van der Waals surface area contributed by atoms with Gasteiger partial charge in [-0.25, -0.2) is 4.68 Å². The van der Waals surface area contributed by atoms with Crippen LogP contribution in [0, 0.1) is 5.92 Å². The Hall–Kier alpha value is -1.24. The molecule has 0 bridgehead atoms. The molecule has 6 nitrogen and oxygen atoms in total. The predicted molar refractivity (Wildman–Crippen MR) is 58.0 cm³/mol. The number of nitrogens with zero attached hydrogens (tertiary/aromatic N) is 5. The number of hydrogen-bond acceptors (Lipinski definition) is 5. The number of tetrazole rings is 1. The summed E-state index contributed by atoms with van der Waals surface area (Å²) in [4.78, 5) is 2.43. The van der Waals surface area contributed by atoms with Crippen LogP contribution in [0.1, 0.15) is 6.92 Å². The lowest BCUT2D eigenvalue weighted by molar-refractivity contribution is 0.673. The fourth-order valence-corrected chi connectivity index (χ4v) is 1.21. The Kier molecular flexibility index (Phi) is 3.34. The van der Waals surface area contributed by atoms with Crippen LogP contribution in [0.3, 0.4) is 0 Å². The Morgan fingerprint density at radius 3 is 2.79 bits per heavy atom. The summed E-state index contributed by atoms with van der Waals surface area (Å²) in [6.45, 7) is 2.69. The van der Waals surface area contributed by atoms with E-state index < -0.39 is 0 Å². The molecule has 0 aliphatic heterocycles. The molecule has 1 aromatic heterocycles. The summed E-state index contributed by atoms with van der Waals surface area (Å²) in [6, 6.07) is 0. The molecule has 1 atom stereocenters. The van der Waals surface area contributed by atoms with E-state index in [2.05, 4.69) is 15.5 Å². The van der Waals surface area contributed by atoms with Crippen molar-refractivity contribution in [1.82, 2.24) is 20.2 Å². The largest absolute Gasteiger partial charge is 0.393 e. The quantitative estimate of drug-likeness (QED) is 0.686. The third-order valence-corrected chi connectivity index (χ3v) is 2.37. The predicted octanol–water partition coefficient (Wildman–Crippen LogP) is -0.432. The highest BCUT2D eigenvalue weighted by Crippen LogP contribution is 2.07. The number of hydrogen-bond donors (Lipinski definition) is 1. The maximum Gasteiger partial charge on any atom is 0.245 e. The Balaban J connectivity index is 2.63. The van der Waals surface area contributed by atoms with Crippen LogP contribution in [0.15, 0.2) is 0 Å². The lowest BCUT2D eigenvalue weighted by atomic mass is 10.2. The van der Waals surface area contributed by atoms with Gasteiger partial charge in [0.2, 0.25) is 5.95 Å². The molecule has 0 aliphatic carbocycles. The maximum atomic E-state index is 5.52. The van der Waals surface area contributed by atoms with Gasteiger partial charge in [-0.2, -0.15) is 0 Å². The van der Waals surface area contributed by atoms with Gasteiger partial charge in [-0.05, 0) is 10.4 Å². The molecule has 0 spiro atoms. The van der Waals surface area contributed by atoms with E-state index in [0.717, 1.165) is 0 Å². The van der Waals surface area contributed by atoms with Crippen LogP contribution in [0.2, 0.25) is 0 Å². The van der Waals surface area contributed by atoms with Gasteiger partial charge < -0.3 is 10.6 Å². The molecule has 14 heavy (non-hydrogen) atoms. The number of anilines is 1. The molecule has 1 aromatic rings. The van der Waals surface area contributed by atoms with Crippen molar-refractivity contribution >= 4 is 23.2 Å². The van der Waals surface area contributed by atoms with E-state index in [9.17, 15) is 0 Å². The fraction of sp³-hybridized carbons (Fsp3) is 0.714. The SMILES string of the molecule is CC(CN(C)c1nnnn1C)C(N)=S. The third kappa shape index (κ3) is 2.38. The molecule has 0 fully saturated rings. The molecular formula is C7H14N6S. The van der Waals surface area contributed by atoms with Gasteiger partial charge in [0.15, 0.2) is 0 Å². The summed E-state index contributed by atoms with van der Waals surface area (Å²) < 4.78 is 1.60. The van der Waals surface area contributed by atoms with Crippen LogP contribution in [-0.4, -0.2) is 38.8 Å². The summed E-state index contributed by atoms with van der Waals surface area (Å²) in [7, 11) is 3.69. The third-order valence-electron chi connectivity index (χ3n) is 1.97. The summed E-state index contributed by atoms with van der Waals surface area (Å²) in [5.74, 6) is 0.847. The first-order valence-corrected chi connectivity index (χ1v) is 4.66. The molecule has 1 rings (SSSR count). The molecule has 0 saturated heterocycles. The first kappa shape index (κ1) is 10.8. The van der Waals surface area contributed by atoms with E-state index >= 15 is 0 Å². The van der Waals surface area contributed by atoms with Gasteiger partial charge in [0.25, 0.3) is 0 Å². The summed E-state index contributed by atoms with van der Waals surface area (Å²) in [6.07, 6.45) is 0. The van der Waals surface area contributed by atoms with Gasteiger partial charge in [-0.3, -0.25) is 0 Å². The smallest absolute Gasteiger partial charge is 0.245 e. The Morgan fingerprint density at radius 2 is 2.36 bits per heavy atom. The van der Waals surface area contributed by atoms with Crippen LogP contribution in [0.25, 0.3) is 0 Å². The zero-order valence-corrected chi connectivity index (χ0v) is 9.32. The fourth-order valence-electron chi connectivity index (χ4n) is 1.13. The molecular weight excluding hydrogens is 200 g/mol. The van der Waals surface area contributed by atoms with Crippen molar-refractivity contribution in [2.24, 2.45) is 18.7 Å². The summed E-state index contributed by atoms with van der Waals surface area (Å²) in [5, 5.41) is 11.2. The first-order valence-electron chi connectivity index (χ1n) is 4.25. The van der Waals surface area contributed by atoms with Crippen molar-refractivity contribution in [1.29, 1.82) is 0 Å². The Labute approximate surface area is 88.1 Å². The van der Waals surface area contributed by atoms with Gasteiger partial charge in [0.1, 0.15) is 0 Å². The van der Waals surface area contributed by atoms with Crippen molar-refractivity contribution < 1.29 is 0 Å². The number of rotatable bonds is 4. The van der Waals surface area contributed by atoms with Crippen LogP contribution in [-0.2, 0) is 7.05 Å². The second-order valence-corrected chi connectivity index (χ2v) is 3.76. The minimum Gasteiger partial charge on any atom is -0.393 e. The monoisotopic (exact) mass is 214 g/mol. The number of nitrogens with two attached hydrogens (primary N) is 1. The van der Waals surface area contributed by atoms with Crippen molar-refractivity contribution in [2.75, 3.05) is 18.5 Å². The van der Waals surface area contributed by atoms with Crippen molar-refractivity contribution in [3.63, 3.8) is 0 Å². The highest BCUT2D eigenvalue weighted by atomic mass is 32.1. The molecule has 7 heteroatoms. The van der Waals surface area contributed by atoms with E-state index in [1.165, 1.54) is 0 Å². The van der Waals surface area contributed by atoms with Crippen molar-refractivity contribution in [3.05, 3.63) is 0 Å². The minimum absolute atomic E-state index is 0.145. The Bertz CT molecular complexity index is 322. The molecule has 0 amide bonds. The second-order valence-electron chi connectivity index (χ2n) is 3.29. The van der Waals surface area contributed by atoms with E-state index in [1.54, 1.807) is 11.7 Å². The van der Waals surface area contributed by atoms with Gasteiger partial charge in [0.05, 0.1) is 4.99 Å². The van der Waals surface area contributed by atoms with Gasteiger partial charge in [-0.1, -0.05) is 24.2 Å². The molecule has 2 N–H and O–H groups in total. The van der Waals surface area contributed by atoms with Crippen molar-refractivity contribution in [2.45, 2.75) is 6.92 Å². The van der Waals surface area contributed by atoms with Crippen LogP contribution >= 0.6 is 12.2 Å². The highest BCUT2D eigenvalue weighted by molar-refractivity contribution is 7.80. The van der Waals surface area contributed by atoms with Gasteiger partial charge in [0, 0.05) is 26.6 Å². The number of aryl methyl sites for hydroxylation is 1.